The van der Waals surface area contributed by atoms with Gasteiger partial charge in [0.1, 0.15) is 0 Å². The number of hydrogen-bond acceptors (Lipinski definition) is 5. The Hall–Kier alpha value is -2.73. The van der Waals surface area contributed by atoms with E-state index in [4.69, 9.17) is 21.1 Å². The monoisotopic (exact) mass is 377 g/mol. The van der Waals surface area contributed by atoms with Gasteiger partial charge in [-0.15, -0.1) is 0 Å². The van der Waals surface area contributed by atoms with Crippen LogP contribution >= 0.6 is 11.6 Å². The van der Waals surface area contributed by atoms with E-state index in [1.807, 2.05) is 13.8 Å². The number of anilines is 1. The van der Waals surface area contributed by atoms with Crippen molar-refractivity contribution in [2.24, 2.45) is 0 Å². The van der Waals surface area contributed by atoms with Crippen molar-refractivity contribution >= 4 is 29.2 Å². The maximum absolute atomic E-state index is 12.5. The van der Waals surface area contributed by atoms with Gasteiger partial charge in [-0.3, -0.25) is 4.79 Å². The van der Waals surface area contributed by atoms with Crippen LogP contribution in [0.25, 0.3) is 0 Å². The summed E-state index contributed by atoms with van der Waals surface area (Å²) in [7, 11) is 1.26. The van der Waals surface area contributed by atoms with Crippen molar-refractivity contribution in [3.63, 3.8) is 0 Å². The van der Waals surface area contributed by atoms with Crippen molar-refractivity contribution in [1.29, 1.82) is 0 Å². The first-order chi connectivity index (χ1) is 12.5. The SMILES string of the molecule is CCOc1ccc(C(=O)Nc2ccc(Cl)c(C(=O)OC)c2)cc1OCC. The van der Waals surface area contributed by atoms with E-state index in [1.165, 1.54) is 19.2 Å². The molecular formula is C19H20ClNO5. The van der Waals surface area contributed by atoms with E-state index < -0.39 is 5.97 Å². The number of ether oxygens (including phenoxy) is 3. The van der Waals surface area contributed by atoms with Crippen LogP contribution in [0.15, 0.2) is 36.4 Å². The summed E-state index contributed by atoms with van der Waals surface area (Å²) in [6.07, 6.45) is 0. The Balaban J connectivity index is 2.24. The van der Waals surface area contributed by atoms with Crippen LogP contribution in [0.5, 0.6) is 11.5 Å². The third-order valence-electron chi connectivity index (χ3n) is 3.44. The highest BCUT2D eigenvalue weighted by Crippen LogP contribution is 2.29. The average Bonchev–Trinajstić information content (AvgIpc) is 2.64. The topological polar surface area (TPSA) is 73.9 Å². The number of rotatable bonds is 7. The quantitative estimate of drug-likeness (QED) is 0.733. The smallest absolute Gasteiger partial charge is 0.339 e. The molecule has 0 aliphatic heterocycles. The van der Waals surface area contributed by atoms with E-state index in [9.17, 15) is 9.59 Å². The highest BCUT2D eigenvalue weighted by molar-refractivity contribution is 6.33. The first-order valence-corrected chi connectivity index (χ1v) is 8.46. The molecule has 26 heavy (non-hydrogen) atoms. The molecular weight excluding hydrogens is 358 g/mol. The largest absolute Gasteiger partial charge is 0.490 e. The number of nitrogens with one attached hydrogen (secondary N) is 1. The molecule has 0 fully saturated rings. The van der Waals surface area contributed by atoms with Gasteiger partial charge in [-0.05, 0) is 50.2 Å². The minimum absolute atomic E-state index is 0.175. The van der Waals surface area contributed by atoms with Crippen molar-refractivity contribution in [1.82, 2.24) is 0 Å². The molecule has 7 heteroatoms. The van der Waals surface area contributed by atoms with Crippen LogP contribution in [-0.2, 0) is 4.74 Å². The zero-order valence-corrected chi connectivity index (χ0v) is 15.6. The Labute approximate surface area is 157 Å². The van der Waals surface area contributed by atoms with Crippen LogP contribution in [0.3, 0.4) is 0 Å². The van der Waals surface area contributed by atoms with E-state index in [0.717, 1.165) is 0 Å². The summed E-state index contributed by atoms with van der Waals surface area (Å²) < 4.78 is 15.7. The standard InChI is InChI=1S/C19H20ClNO5/c1-4-25-16-9-6-12(10-17(16)26-5-2)18(22)21-13-7-8-15(20)14(11-13)19(23)24-3/h6-11H,4-5H2,1-3H3,(H,21,22). The highest BCUT2D eigenvalue weighted by Gasteiger charge is 2.15. The van der Waals surface area contributed by atoms with Gasteiger partial charge in [0.2, 0.25) is 0 Å². The number of carbonyl (C=O) groups is 2. The second-order valence-electron chi connectivity index (χ2n) is 5.17. The molecule has 0 spiro atoms. The van der Waals surface area contributed by atoms with Gasteiger partial charge in [0.05, 0.1) is 30.9 Å². The number of carbonyl (C=O) groups excluding carboxylic acids is 2. The third-order valence-corrected chi connectivity index (χ3v) is 3.76. The van der Waals surface area contributed by atoms with Crippen molar-refractivity contribution in [2.75, 3.05) is 25.6 Å². The minimum Gasteiger partial charge on any atom is -0.490 e. The molecule has 2 aromatic carbocycles. The predicted molar refractivity (Wildman–Crippen MR) is 99.5 cm³/mol. The fourth-order valence-electron chi connectivity index (χ4n) is 2.27. The van der Waals surface area contributed by atoms with Gasteiger partial charge in [-0.1, -0.05) is 11.6 Å². The molecule has 0 radical (unpaired) electrons. The summed E-state index contributed by atoms with van der Waals surface area (Å²) in [5.41, 5.74) is 0.992. The average molecular weight is 378 g/mol. The Bertz CT molecular complexity index is 807. The number of amides is 1. The summed E-state index contributed by atoms with van der Waals surface area (Å²) in [5, 5.41) is 2.97. The Kier molecular flexibility index (Phi) is 6.86. The second kappa shape index (κ2) is 9.10. The lowest BCUT2D eigenvalue weighted by atomic mass is 10.1. The molecule has 0 saturated heterocycles. The lowest BCUT2D eigenvalue weighted by Crippen LogP contribution is -2.13. The highest BCUT2D eigenvalue weighted by atomic mass is 35.5. The van der Waals surface area contributed by atoms with E-state index in [0.29, 0.717) is 36.0 Å². The maximum Gasteiger partial charge on any atom is 0.339 e. The van der Waals surface area contributed by atoms with Crippen molar-refractivity contribution < 1.29 is 23.8 Å². The van der Waals surface area contributed by atoms with Crippen molar-refractivity contribution in [3.8, 4) is 11.5 Å². The van der Waals surface area contributed by atoms with Crippen LogP contribution < -0.4 is 14.8 Å². The normalized spacial score (nSPS) is 10.2. The molecule has 2 rings (SSSR count). The van der Waals surface area contributed by atoms with Crippen LogP contribution in [0.1, 0.15) is 34.6 Å². The van der Waals surface area contributed by atoms with Crippen LogP contribution in [0.4, 0.5) is 5.69 Å². The summed E-state index contributed by atoms with van der Waals surface area (Å²) >= 11 is 5.98. The second-order valence-corrected chi connectivity index (χ2v) is 5.58. The summed E-state index contributed by atoms with van der Waals surface area (Å²) in [6.45, 7) is 4.66. The molecule has 0 atom stereocenters. The van der Waals surface area contributed by atoms with Gasteiger partial charge in [0.25, 0.3) is 5.91 Å². The van der Waals surface area contributed by atoms with Gasteiger partial charge in [0.15, 0.2) is 11.5 Å². The van der Waals surface area contributed by atoms with E-state index in [-0.39, 0.29) is 16.5 Å². The number of hydrogen-bond donors (Lipinski definition) is 1. The van der Waals surface area contributed by atoms with Crippen LogP contribution in [0, 0.1) is 0 Å². The predicted octanol–water partition coefficient (Wildman–Crippen LogP) is 4.18. The lowest BCUT2D eigenvalue weighted by molar-refractivity contribution is 0.0600. The molecule has 6 nitrogen and oxygen atoms in total. The summed E-state index contributed by atoms with van der Waals surface area (Å²) in [5.74, 6) is 0.136. The zero-order valence-electron chi connectivity index (χ0n) is 14.8. The van der Waals surface area contributed by atoms with Gasteiger partial charge in [0, 0.05) is 11.3 Å². The van der Waals surface area contributed by atoms with E-state index in [2.05, 4.69) is 10.1 Å². The molecule has 138 valence electrons. The van der Waals surface area contributed by atoms with E-state index >= 15 is 0 Å². The van der Waals surface area contributed by atoms with Crippen LogP contribution in [-0.4, -0.2) is 32.2 Å². The van der Waals surface area contributed by atoms with Crippen LogP contribution in [0.2, 0.25) is 5.02 Å². The Morgan fingerprint density at radius 3 is 2.35 bits per heavy atom. The molecule has 1 amide bonds. The summed E-state index contributed by atoms with van der Waals surface area (Å²) in [6, 6.07) is 9.52. The number of benzene rings is 2. The van der Waals surface area contributed by atoms with Crippen molar-refractivity contribution in [2.45, 2.75) is 13.8 Å². The van der Waals surface area contributed by atoms with Gasteiger partial charge < -0.3 is 19.5 Å². The number of methoxy groups -OCH3 is 1. The molecule has 0 aliphatic carbocycles. The number of halogens is 1. The molecule has 0 bridgehead atoms. The fraction of sp³-hybridized carbons (Fsp3) is 0.263. The molecule has 0 saturated carbocycles. The molecule has 0 aliphatic rings. The Morgan fingerprint density at radius 1 is 1.00 bits per heavy atom. The minimum atomic E-state index is -0.578. The van der Waals surface area contributed by atoms with Gasteiger partial charge in [-0.2, -0.15) is 0 Å². The van der Waals surface area contributed by atoms with Gasteiger partial charge in [-0.25, -0.2) is 4.79 Å². The maximum atomic E-state index is 12.5. The first-order valence-electron chi connectivity index (χ1n) is 8.09. The molecule has 2 aromatic rings. The van der Waals surface area contributed by atoms with Crippen molar-refractivity contribution in [3.05, 3.63) is 52.5 Å². The number of esters is 1. The molecule has 0 unspecified atom stereocenters. The molecule has 0 heterocycles. The zero-order chi connectivity index (χ0) is 19.1. The van der Waals surface area contributed by atoms with E-state index in [1.54, 1.807) is 24.3 Å². The first kappa shape index (κ1) is 19.6. The fourth-order valence-corrected chi connectivity index (χ4v) is 2.46. The molecule has 1 N–H and O–H groups in total. The lowest BCUT2D eigenvalue weighted by Gasteiger charge is -2.13. The molecule has 0 aromatic heterocycles. The summed E-state index contributed by atoms with van der Waals surface area (Å²) in [4.78, 5) is 24.2. The van der Waals surface area contributed by atoms with Gasteiger partial charge >= 0.3 is 5.97 Å². The Morgan fingerprint density at radius 2 is 1.69 bits per heavy atom. The third kappa shape index (κ3) is 4.67.